The zero-order chi connectivity index (χ0) is 21.1. The number of nitro groups is 1. The van der Waals surface area contributed by atoms with Crippen molar-refractivity contribution in [1.82, 2.24) is 20.1 Å². The molecule has 0 radical (unpaired) electrons. The van der Waals surface area contributed by atoms with Crippen molar-refractivity contribution in [3.8, 4) is 5.82 Å². The minimum absolute atomic E-state index is 0.0166. The van der Waals surface area contributed by atoms with Gasteiger partial charge in [0.05, 0.1) is 9.95 Å². The first-order valence-electron chi connectivity index (χ1n) is 8.00. The molecule has 2 aromatic heterocycles. The predicted octanol–water partition coefficient (Wildman–Crippen LogP) is 4.03. The Hall–Kier alpha value is -2.89. The predicted molar refractivity (Wildman–Crippen MR) is 116 cm³/mol. The summed E-state index contributed by atoms with van der Waals surface area (Å²) < 4.78 is 1.70. The number of non-ortho nitro benzene ring substituents is 1. The third-order valence-corrected chi connectivity index (χ3v) is 4.63. The molecule has 3 rings (SSSR count). The van der Waals surface area contributed by atoms with Crippen LogP contribution in [0.1, 0.15) is 16.1 Å². The van der Waals surface area contributed by atoms with Crippen LogP contribution in [-0.2, 0) is 0 Å². The maximum atomic E-state index is 12.7. The van der Waals surface area contributed by atoms with Crippen molar-refractivity contribution in [2.45, 2.75) is 6.92 Å². The smallest absolute Gasteiger partial charge is 0.276 e. The maximum Gasteiger partial charge on any atom is 0.276 e. The number of halogens is 2. The molecule has 0 unspecified atom stereocenters. The van der Waals surface area contributed by atoms with Gasteiger partial charge in [-0.2, -0.15) is 5.10 Å². The molecule has 0 atom stereocenters. The molecule has 0 fully saturated rings. The second-order valence-electron chi connectivity index (χ2n) is 5.74. The average molecular weight is 496 g/mol. The Labute approximate surface area is 183 Å². The second kappa shape index (κ2) is 8.64. The summed E-state index contributed by atoms with van der Waals surface area (Å²) in [6.45, 7) is 1.69. The molecule has 0 saturated heterocycles. The monoisotopic (exact) mass is 494 g/mol. The Morgan fingerprint density at radius 2 is 2.10 bits per heavy atom. The maximum absolute atomic E-state index is 12.7. The zero-order valence-corrected chi connectivity index (χ0v) is 17.9. The quantitative estimate of drug-likeness (QED) is 0.319. The lowest BCUT2D eigenvalue weighted by Crippen LogP contribution is -2.35. The summed E-state index contributed by atoms with van der Waals surface area (Å²) in [6, 6.07) is 9.05. The molecule has 0 saturated carbocycles. The second-order valence-corrected chi connectivity index (χ2v) is 7.37. The fraction of sp³-hybridized carbons (Fsp3) is 0.0588. The van der Waals surface area contributed by atoms with E-state index in [-0.39, 0.29) is 22.3 Å². The van der Waals surface area contributed by atoms with E-state index in [0.717, 1.165) is 0 Å². The Kier molecular flexibility index (Phi) is 6.20. The number of aryl methyl sites for hydroxylation is 1. The summed E-state index contributed by atoms with van der Waals surface area (Å²) in [7, 11) is 0. The van der Waals surface area contributed by atoms with Crippen LogP contribution in [-0.4, -0.2) is 30.7 Å². The van der Waals surface area contributed by atoms with Crippen molar-refractivity contribution in [2.24, 2.45) is 0 Å². The minimum atomic E-state index is -0.540. The van der Waals surface area contributed by atoms with Crippen LogP contribution >= 0.6 is 39.7 Å². The average Bonchev–Trinajstić information content (AvgIpc) is 3.05. The van der Waals surface area contributed by atoms with Crippen LogP contribution in [0.5, 0.6) is 0 Å². The van der Waals surface area contributed by atoms with E-state index in [0.29, 0.717) is 20.9 Å². The number of anilines is 1. The normalized spacial score (nSPS) is 10.4. The first kappa shape index (κ1) is 20.8. The molecule has 148 valence electrons. The van der Waals surface area contributed by atoms with Crippen LogP contribution in [0.15, 0.2) is 47.2 Å². The van der Waals surface area contributed by atoms with E-state index < -0.39 is 10.8 Å². The number of hydrogen-bond acceptors (Lipinski definition) is 6. The van der Waals surface area contributed by atoms with Gasteiger partial charge in [-0.3, -0.25) is 20.2 Å². The highest BCUT2D eigenvalue weighted by Gasteiger charge is 2.19. The Morgan fingerprint density at radius 3 is 2.76 bits per heavy atom. The fourth-order valence-corrected chi connectivity index (χ4v) is 3.21. The van der Waals surface area contributed by atoms with E-state index in [9.17, 15) is 14.9 Å². The zero-order valence-electron chi connectivity index (χ0n) is 14.7. The van der Waals surface area contributed by atoms with Crippen molar-refractivity contribution in [1.29, 1.82) is 0 Å². The molecule has 0 aliphatic carbocycles. The number of aromatic nitrogens is 3. The molecule has 1 aromatic carbocycles. The van der Waals surface area contributed by atoms with Crippen molar-refractivity contribution in [3.05, 3.63) is 73.6 Å². The largest absolute Gasteiger partial charge is 0.332 e. The molecule has 0 aliphatic rings. The lowest BCUT2D eigenvalue weighted by atomic mass is 10.2. The van der Waals surface area contributed by atoms with Gasteiger partial charge in [-0.05, 0) is 58.8 Å². The van der Waals surface area contributed by atoms with Crippen LogP contribution in [0.3, 0.4) is 0 Å². The van der Waals surface area contributed by atoms with E-state index in [2.05, 4.69) is 36.6 Å². The molecule has 12 heteroatoms. The van der Waals surface area contributed by atoms with Gasteiger partial charge >= 0.3 is 0 Å². The molecule has 0 spiro atoms. The van der Waals surface area contributed by atoms with E-state index in [4.69, 9.17) is 23.8 Å². The number of nitrogens with one attached hydrogen (secondary N) is 2. The van der Waals surface area contributed by atoms with Crippen LogP contribution < -0.4 is 10.6 Å². The number of benzene rings is 1. The van der Waals surface area contributed by atoms with Gasteiger partial charge in [0.15, 0.2) is 10.9 Å². The summed E-state index contributed by atoms with van der Waals surface area (Å²) in [6.07, 6.45) is 1.53. The Bertz CT molecular complexity index is 1140. The topological polar surface area (TPSA) is 115 Å². The summed E-state index contributed by atoms with van der Waals surface area (Å²) in [5, 5.41) is 20.8. The molecule has 9 nitrogen and oxygen atoms in total. The van der Waals surface area contributed by atoms with E-state index in [1.807, 2.05) is 0 Å². The van der Waals surface area contributed by atoms with Gasteiger partial charge < -0.3 is 5.32 Å². The number of nitrogens with zero attached hydrogens (tertiary/aromatic N) is 4. The number of carbonyl (C=O) groups is 1. The lowest BCUT2D eigenvalue weighted by Gasteiger charge is -2.12. The fourth-order valence-electron chi connectivity index (χ4n) is 2.43. The molecule has 2 N–H and O–H groups in total. The molecule has 3 aromatic rings. The van der Waals surface area contributed by atoms with Crippen molar-refractivity contribution in [2.75, 3.05) is 5.32 Å². The van der Waals surface area contributed by atoms with Gasteiger partial charge in [-0.15, -0.1) is 0 Å². The summed E-state index contributed by atoms with van der Waals surface area (Å²) in [5.74, 6) is -0.253. The highest BCUT2D eigenvalue weighted by atomic mass is 79.9. The van der Waals surface area contributed by atoms with E-state index >= 15 is 0 Å². The van der Waals surface area contributed by atoms with Crippen molar-refractivity contribution in [3.63, 3.8) is 0 Å². The van der Waals surface area contributed by atoms with Crippen LogP contribution in [0.4, 0.5) is 11.4 Å². The molecule has 0 bridgehead atoms. The van der Waals surface area contributed by atoms with Gasteiger partial charge in [-0.25, -0.2) is 9.67 Å². The van der Waals surface area contributed by atoms with E-state index in [1.54, 1.807) is 19.1 Å². The highest BCUT2D eigenvalue weighted by Crippen LogP contribution is 2.22. The SMILES string of the molecule is Cc1cc([N+](=O)[O-])ccc1NC(=S)NC(=O)c1cc(Br)nn1-c1ncccc1Cl. The number of amides is 1. The summed E-state index contributed by atoms with van der Waals surface area (Å²) in [4.78, 5) is 27.2. The number of nitro benzene ring substituents is 1. The van der Waals surface area contributed by atoms with Gasteiger partial charge in [-0.1, -0.05) is 11.6 Å². The molecule has 29 heavy (non-hydrogen) atoms. The Balaban J connectivity index is 1.78. The Morgan fingerprint density at radius 1 is 1.34 bits per heavy atom. The first-order chi connectivity index (χ1) is 13.8. The first-order valence-corrected chi connectivity index (χ1v) is 9.58. The lowest BCUT2D eigenvalue weighted by molar-refractivity contribution is -0.384. The van der Waals surface area contributed by atoms with Crippen molar-refractivity contribution < 1.29 is 9.72 Å². The number of pyridine rings is 1. The van der Waals surface area contributed by atoms with Crippen LogP contribution in [0.2, 0.25) is 5.02 Å². The standard InChI is InChI=1S/C17H12BrClN6O3S/c1-9-7-10(25(27)28)4-5-12(9)21-17(29)22-16(26)13-8-14(18)23-24(13)15-11(19)3-2-6-20-15/h2-8H,1H3,(H2,21,22,26,29). The summed E-state index contributed by atoms with van der Waals surface area (Å²) >= 11 is 14.6. The number of thiocarbonyl (C=S) groups is 1. The molecule has 1 amide bonds. The van der Waals surface area contributed by atoms with E-state index in [1.165, 1.54) is 35.1 Å². The van der Waals surface area contributed by atoms with Crippen molar-refractivity contribution >= 4 is 62.1 Å². The third kappa shape index (κ3) is 4.75. The third-order valence-electron chi connectivity index (χ3n) is 3.75. The van der Waals surface area contributed by atoms with Gasteiger partial charge in [0, 0.05) is 30.1 Å². The molecule has 0 aliphatic heterocycles. The van der Waals surface area contributed by atoms with Crippen LogP contribution in [0, 0.1) is 17.0 Å². The highest BCUT2D eigenvalue weighted by molar-refractivity contribution is 9.10. The molecule has 2 heterocycles. The van der Waals surface area contributed by atoms with Gasteiger partial charge in [0.1, 0.15) is 10.3 Å². The number of rotatable bonds is 4. The summed E-state index contributed by atoms with van der Waals surface area (Å²) in [5.41, 5.74) is 1.25. The van der Waals surface area contributed by atoms with Gasteiger partial charge in [0.25, 0.3) is 11.6 Å². The number of carbonyl (C=O) groups excluding carboxylic acids is 1. The molecular formula is C17H12BrClN6O3S. The minimum Gasteiger partial charge on any atom is -0.332 e. The number of hydrogen-bond donors (Lipinski definition) is 2. The molecular weight excluding hydrogens is 484 g/mol. The van der Waals surface area contributed by atoms with Gasteiger partial charge in [0.2, 0.25) is 0 Å². The van der Waals surface area contributed by atoms with Crippen LogP contribution in [0.25, 0.3) is 5.82 Å².